The lowest BCUT2D eigenvalue weighted by Gasteiger charge is -2.12. The quantitative estimate of drug-likeness (QED) is 0.316. The standard InChI is InChI=1S/C25H22Cl2N2O3/c1-4-14(2)15-8-9-22-21(11-15)29-25(32-22)16-6-5-7-18(10-16)28-24(30)19-12-17(26)13-20(27)23(19)31-3/h5-14H,4H2,1-3H3,(H,28,30). The normalized spacial score (nSPS) is 12.0. The van der Waals surface area contributed by atoms with Crippen LogP contribution < -0.4 is 10.1 Å². The van der Waals surface area contributed by atoms with E-state index in [1.165, 1.54) is 24.8 Å². The fraction of sp³-hybridized carbons (Fsp3) is 0.200. The van der Waals surface area contributed by atoms with E-state index in [4.69, 9.17) is 32.4 Å². The summed E-state index contributed by atoms with van der Waals surface area (Å²) >= 11 is 12.2. The molecular formula is C25H22Cl2N2O3. The van der Waals surface area contributed by atoms with E-state index in [1.54, 1.807) is 12.1 Å². The number of nitrogens with one attached hydrogen (secondary N) is 1. The zero-order valence-electron chi connectivity index (χ0n) is 17.9. The predicted molar refractivity (Wildman–Crippen MR) is 129 cm³/mol. The highest BCUT2D eigenvalue weighted by atomic mass is 35.5. The largest absolute Gasteiger partial charge is 0.494 e. The van der Waals surface area contributed by atoms with E-state index < -0.39 is 0 Å². The number of benzene rings is 3. The number of hydrogen-bond donors (Lipinski definition) is 1. The second kappa shape index (κ2) is 9.23. The van der Waals surface area contributed by atoms with Crippen LogP contribution in [0.15, 0.2) is 59.0 Å². The number of methoxy groups -OCH3 is 1. The molecule has 0 fully saturated rings. The Morgan fingerprint density at radius 3 is 2.72 bits per heavy atom. The molecule has 1 atom stereocenters. The molecule has 4 rings (SSSR count). The molecular weight excluding hydrogens is 447 g/mol. The molecule has 5 nitrogen and oxygen atoms in total. The lowest BCUT2D eigenvalue weighted by molar-refractivity contribution is 0.102. The molecule has 0 saturated heterocycles. The highest BCUT2D eigenvalue weighted by Crippen LogP contribution is 2.33. The molecule has 1 unspecified atom stereocenters. The van der Waals surface area contributed by atoms with Crippen LogP contribution in [0.25, 0.3) is 22.6 Å². The van der Waals surface area contributed by atoms with Crippen LogP contribution in [0.3, 0.4) is 0 Å². The summed E-state index contributed by atoms with van der Waals surface area (Å²) in [4.78, 5) is 17.5. The molecule has 0 aliphatic heterocycles. The number of ether oxygens (including phenoxy) is 1. The third kappa shape index (κ3) is 4.45. The highest BCUT2D eigenvalue weighted by molar-refractivity contribution is 6.36. The Balaban J connectivity index is 1.63. The molecule has 0 aliphatic rings. The topological polar surface area (TPSA) is 64.4 Å². The molecule has 7 heteroatoms. The van der Waals surface area contributed by atoms with E-state index in [1.807, 2.05) is 18.2 Å². The first-order valence-electron chi connectivity index (χ1n) is 10.2. The van der Waals surface area contributed by atoms with Crippen LogP contribution in [0.2, 0.25) is 10.0 Å². The highest BCUT2D eigenvalue weighted by Gasteiger charge is 2.18. The average molecular weight is 469 g/mol. The van der Waals surface area contributed by atoms with Gasteiger partial charge >= 0.3 is 0 Å². The number of rotatable bonds is 6. The van der Waals surface area contributed by atoms with Crippen LogP contribution in [-0.2, 0) is 0 Å². The molecule has 0 radical (unpaired) electrons. The van der Waals surface area contributed by atoms with Gasteiger partial charge in [-0.3, -0.25) is 4.79 Å². The van der Waals surface area contributed by atoms with E-state index in [2.05, 4.69) is 36.3 Å². The minimum absolute atomic E-state index is 0.245. The van der Waals surface area contributed by atoms with Gasteiger partial charge < -0.3 is 14.5 Å². The molecule has 1 heterocycles. The third-order valence-corrected chi connectivity index (χ3v) is 5.92. The van der Waals surface area contributed by atoms with E-state index in [0.29, 0.717) is 22.5 Å². The van der Waals surface area contributed by atoms with Gasteiger partial charge in [0.15, 0.2) is 5.58 Å². The Kier molecular flexibility index (Phi) is 6.40. The molecule has 0 aliphatic carbocycles. The maximum atomic E-state index is 12.9. The van der Waals surface area contributed by atoms with Gasteiger partial charge in [0.25, 0.3) is 5.91 Å². The van der Waals surface area contributed by atoms with Crippen LogP contribution in [0.1, 0.15) is 42.1 Å². The molecule has 164 valence electrons. The fourth-order valence-electron chi connectivity index (χ4n) is 3.48. The molecule has 3 aromatic carbocycles. The van der Waals surface area contributed by atoms with Gasteiger partial charge in [-0.15, -0.1) is 0 Å². The van der Waals surface area contributed by atoms with Gasteiger partial charge in [0.1, 0.15) is 11.3 Å². The van der Waals surface area contributed by atoms with Crippen molar-refractivity contribution in [1.82, 2.24) is 4.98 Å². The maximum absolute atomic E-state index is 12.9. The predicted octanol–water partition coefficient (Wildman–Crippen LogP) is 7.58. The average Bonchev–Trinajstić information content (AvgIpc) is 3.21. The van der Waals surface area contributed by atoms with Crippen molar-refractivity contribution >= 4 is 45.9 Å². The molecule has 0 saturated carbocycles. The first-order valence-corrected chi connectivity index (χ1v) is 11.0. The Morgan fingerprint density at radius 2 is 1.97 bits per heavy atom. The Labute approximate surface area is 196 Å². The van der Waals surface area contributed by atoms with Gasteiger partial charge in [0, 0.05) is 16.3 Å². The lowest BCUT2D eigenvalue weighted by atomic mass is 9.98. The second-order valence-electron chi connectivity index (χ2n) is 7.56. The van der Waals surface area contributed by atoms with Crippen molar-refractivity contribution in [3.63, 3.8) is 0 Å². The molecule has 1 amide bonds. The zero-order chi connectivity index (χ0) is 22.8. The number of anilines is 1. The number of hydrogen-bond acceptors (Lipinski definition) is 4. The van der Waals surface area contributed by atoms with Gasteiger partial charge in [0.2, 0.25) is 5.89 Å². The lowest BCUT2D eigenvalue weighted by Crippen LogP contribution is -2.13. The molecule has 1 aromatic heterocycles. The monoisotopic (exact) mass is 468 g/mol. The van der Waals surface area contributed by atoms with Crippen molar-refractivity contribution in [2.45, 2.75) is 26.2 Å². The van der Waals surface area contributed by atoms with E-state index >= 15 is 0 Å². The van der Waals surface area contributed by atoms with Crippen LogP contribution >= 0.6 is 23.2 Å². The molecule has 1 N–H and O–H groups in total. The Morgan fingerprint density at radius 1 is 1.16 bits per heavy atom. The maximum Gasteiger partial charge on any atom is 0.259 e. The van der Waals surface area contributed by atoms with Crippen LogP contribution in [0.5, 0.6) is 5.75 Å². The number of oxazole rings is 1. The Hall–Kier alpha value is -3.02. The number of aromatic nitrogens is 1. The summed E-state index contributed by atoms with van der Waals surface area (Å²) in [6.07, 6.45) is 1.06. The molecule has 32 heavy (non-hydrogen) atoms. The first kappa shape index (κ1) is 22.2. The number of amides is 1. The van der Waals surface area contributed by atoms with Crippen molar-refractivity contribution < 1.29 is 13.9 Å². The summed E-state index contributed by atoms with van der Waals surface area (Å²) in [5, 5.41) is 3.47. The summed E-state index contributed by atoms with van der Waals surface area (Å²) in [5.74, 6) is 0.816. The zero-order valence-corrected chi connectivity index (χ0v) is 19.4. The van der Waals surface area contributed by atoms with Crippen LogP contribution in [-0.4, -0.2) is 18.0 Å². The SMILES string of the molecule is CCC(C)c1ccc2oc(-c3cccc(NC(=O)c4cc(Cl)cc(Cl)c4OC)c3)nc2c1. The number of nitrogens with zero attached hydrogens (tertiary/aromatic N) is 1. The van der Waals surface area contributed by atoms with E-state index in [0.717, 1.165) is 23.1 Å². The number of carbonyl (C=O) groups excluding carboxylic acids is 1. The van der Waals surface area contributed by atoms with Crippen LogP contribution in [0, 0.1) is 0 Å². The summed E-state index contributed by atoms with van der Waals surface area (Å²) < 4.78 is 11.2. The summed E-state index contributed by atoms with van der Waals surface area (Å²) in [5.41, 5.74) is 4.34. The smallest absolute Gasteiger partial charge is 0.259 e. The van der Waals surface area contributed by atoms with E-state index in [-0.39, 0.29) is 22.2 Å². The molecule has 0 bridgehead atoms. The minimum Gasteiger partial charge on any atom is -0.494 e. The Bertz CT molecular complexity index is 1300. The molecule has 4 aromatic rings. The second-order valence-corrected chi connectivity index (χ2v) is 8.40. The van der Waals surface area contributed by atoms with Gasteiger partial charge in [-0.25, -0.2) is 4.98 Å². The van der Waals surface area contributed by atoms with Gasteiger partial charge in [-0.2, -0.15) is 0 Å². The minimum atomic E-state index is -0.390. The summed E-state index contributed by atoms with van der Waals surface area (Å²) in [7, 11) is 1.45. The van der Waals surface area contributed by atoms with Gasteiger partial charge in [0.05, 0.1) is 17.7 Å². The first-order chi connectivity index (χ1) is 15.4. The fourth-order valence-corrected chi connectivity index (χ4v) is 4.05. The number of halogens is 2. The van der Waals surface area contributed by atoms with Crippen molar-refractivity contribution in [3.05, 3.63) is 75.8 Å². The van der Waals surface area contributed by atoms with Crippen LogP contribution in [0.4, 0.5) is 5.69 Å². The number of carbonyl (C=O) groups is 1. The molecule has 0 spiro atoms. The van der Waals surface area contributed by atoms with Crippen molar-refractivity contribution in [2.24, 2.45) is 0 Å². The van der Waals surface area contributed by atoms with E-state index in [9.17, 15) is 4.79 Å². The van der Waals surface area contributed by atoms with Crippen molar-refractivity contribution in [1.29, 1.82) is 0 Å². The summed E-state index contributed by atoms with van der Waals surface area (Å²) in [6, 6.07) is 16.4. The van der Waals surface area contributed by atoms with Crippen molar-refractivity contribution in [3.8, 4) is 17.2 Å². The van der Waals surface area contributed by atoms with Gasteiger partial charge in [-0.05, 0) is 60.4 Å². The summed E-state index contributed by atoms with van der Waals surface area (Å²) in [6.45, 7) is 4.35. The van der Waals surface area contributed by atoms with Crippen molar-refractivity contribution in [2.75, 3.05) is 12.4 Å². The van der Waals surface area contributed by atoms with Gasteiger partial charge in [-0.1, -0.05) is 49.2 Å². The third-order valence-electron chi connectivity index (χ3n) is 5.42. The number of fused-ring (bicyclic) bond motifs is 1.